The average molecular weight is 456 g/mol. The van der Waals surface area contributed by atoms with Gasteiger partial charge in [0.1, 0.15) is 12.4 Å². The average Bonchev–Trinajstić information content (AvgIpc) is 2.97. The van der Waals surface area contributed by atoms with Crippen LogP contribution >= 0.6 is 23.4 Å². The van der Waals surface area contributed by atoms with Gasteiger partial charge in [0, 0.05) is 23.8 Å². The Hall–Kier alpha value is -2.23. The van der Waals surface area contributed by atoms with Crippen molar-refractivity contribution in [3.8, 4) is 0 Å². The highest BCUT2D eigenvalue weighted by molar-refractivity contribution is 8.14. The van der Waals surface area contributed by atoms with Gasteiger partial charge in [-0.25, -0.2) is 9.29 Å². The maximum Gasteiger partial charge on any atom is 0.316 e. The molecule has 0 fully saturated rings. The van der Waals surface area contributed by atoms with Crippen LogP contribution in [0.3, 0.4) is 0 Å². The lowest BCUT2D eigenvalue weighted by Gasteiger charge is -2.17. The van der Waals surface area contributed by atoms with Gasteiger partial charge in [0.05, 0.1) is 23.1 Å². The molecule has 1 aliphatic carbocycles. The molecule has 0 bridgehead atoms. The van der Waals surface area contributed by atoms with Crippen LogP contribution in [0, 0.1) is 5.82 Å². The summed E-state index contributed by atoms with van der Waals surface area (Å²) >= 11 is 6.64. The Morgan fingerprint density at radius 1 is 1.13 bits per heavy atom. The SMILES string of the molecule is COCCOC(=O)CSC(=O)c1cc(N2C(=O)C3=C(CCCC3)C2=O)c(F)cc1Cl. The van der Waals surface area contributed by atoms with Crippen molar-refractivity contribution in [2.75, 3.05) is 31.0 Å². The molecule has 0 atom stereocenters. The Bertz CT molecular complexity index is 919. The predicted molar refractivity (Wildman–Crippen MR) is 109 cm³/mol. The number of carbonyl (C=O) groups excluding carboxylic acids is 4. The molecular formula is C20H19ClFNO6S. The molecule has 2 amide bonds. The number of hydrogen-bond acceptors (Lipinski definition) is 7. The van der Waals surface area contributed by atoms with Gasteiger partial charge in [-0.05, 0) is 37.8 Å². The summed E-state index contributed by atoms with van der Waals surface area (Å²) in [6.07, 6.45) is 2.52. The number of rotatable bonds is 7. The summed E-state index contributed by atoms with van der Waals surface area (Å²) in [6.45, 7) is 0.287. The van der Waals surface area contributed by atoms with Crippen molar-refractivity contribution in [3.63, 3.8) is 0 Å². The first-order chi connectivity index (χ1) is 14.3. The van der Waals surface area contributed by atoms with Crippen molar-refractivity contribution >= 4 is 51.9 Å². The fraction of sp³-hybridized carbons (Fsp3) is 0.400. The number of imide groups is 1. The number of hydrogen-bond donors (Lipinski definition) is 0. The molecule has 0 saturated carbocycles. The summed E-state index contributed by atoms with van der Waals surface area (Å²) in [5, 5.41) is -0.792. The van der Waals surface area contributed by atoms with Gasteiger partial charge in [0.15, 0.2) is 0 Å². The molecule has 0 saturated heterocycles. The zero-order valence-corrected chi connectivity index (χ0v) is 17.7. The van der Waals surface area contributed by atoms with Gasteiger partial charge in [0.25, 0.3) is 11.8 Å². The highest BCUT2D eigenvalue weighted by Gasteiger charge is 2.41. The maximum atomic E-state index is 14.6. The molecule has 0 unspecified atom stereocenters. The molecule has 0 aromatic heterocycles. The van der Waals surface area contributed by atoms with Crippen LogP contribution < -0.4 is 4.90 Å². The first-order valence-electron chi connectivity index (χ1n) is 9.26. The minimum atomic E-state index is -0.887. The molecule has 0 radical (unpaired) electrons. The highest BCUT2D eigenvalue weighted by Crippen LogP contribution is 2.38. The Morgan fingerprint density at radius 2 is 1.77 bits per heavy atom. The lowest BCUT2D eigenvalue weighted by Crippen LogP contribution is -2.32. The van der Waals surface area contributed by atoms with E-state index in [-0.39, 0.29) is 35.2 Å². The lowest BCUT2D eigenvalue weighted by molar-refractivity contribution is -0.141. The molecule has 1 heterocycles. The van der Waals surface area contributed by atoms with Gasteiger partial charge in [-0.15, -0.1) is 0 Å². The molecule has 160 valence electrons. The zero-order valence-electron chi connectivity index (χ0n) is 16.2. The standard InChI is InChI=1S/C20H19ClFNO6S/c1-28-6-7-29-17(24)10-30-20(27)13-8-16(15(22)9-14(13)21)23-18(25)11-4-2-3-5-12(11)19(23)26/h8-9H,2-7,10H2,1H3. The molecule has 1 aromatic carbocycles. The van der Waals surface area contributed by atoms with Crippen LogP contribution in [0.4, 0.5) is 10.1 Å². The zero-order chi connectivity index (χ0) is 21.8. The number of benzene rings is 1. The Balaban J connectivity index is 1.78. The molecule has 10 heteroatoms. The van der Waals surface area contributed by atoms with Crippen LogP contribution in [0.2, 0.25) is 5.02 Å². The van der Waals surface area contributed by atoms with Gasteiger partial charge in [0.2, 0.25) is 5.12 Å². The largest absolute Gasteiger partial charge is 0.463 e. The normalized spacial score (nSPS) is 16.2. The van der Waals surface area contributed by atoms with Gasteiger partial charge in [-0.1, -0.05) is 23.4 Å². The molecule has 2 aliphatic rings. The van der Waals surface area contributed by atoms with E-state index in [1.54, 1.807) is 0 Å². The van der Waals surface area contributed by atoms with E-state index in [1.807, 2.05) is 0 Å². The monoisotopic (exact) mass is 455 g/mol. The Labute approximate surface area is 181 Å². The predicted octanol–water partition coefficient (Wildman–Crippen LogP) is 3.29. The molecule has 0 N–H and O–H groups in total. The fourth-order valence-corrected chi connectivity index (χ4v) is 4.26. The van der Waals surface area contributed by atoms with Crippen molar-refractivity contribution in [1.82, 2.24) is 0 Å². The van der Waals surface area contributed by atoms with Gasteiger partial charge >= 0.3 is 5.97 Å². The molecule has 1 aliphatic heterocycles. The number of nitrogens with zero attached hydrogens (tertiary/aromatic N) is 1. The molecular weight excluding hydrogens is 437 g/mol. The molecule has 3 rings (SSSR count). The topological polar surface area (TPSA) is 90.0 Å². The molecule has 1 aromatic rings. The number of methoxy groups -OCH3 is 1. The van der Waals surface area contributed by atoms with Gasteiger partial charge < -0.3 is 9.47 Å². The second-order valence-corrected chi connectivity index (χ2v) is 8.04. The van der Waals surface area contributed by atoms with Crippen molar-refractivity contribution in [2.45, 2.75) is 25.7 Å². The smallest absolute Gasteiger partial charge is 0.316 e. The summed E-state index contributed by atoms with van der Waals surface area (Å²) in [4.78, 5) is 50.3. The summed E-state index contributed by atoms with van der Waals surface area (Å²) < 4.78 is 24.2. The van der Waals surface area contributed by atoms with Crippen LogP contribution in [-0.2, 0) is 23.9 Å². The third-order valence-electron chi connectivity index (χ3n) is 4.76. The number of anilines is 1. The number of amides is 2. The van der Waals surface area contributed by atoms with E-state index in [4.69, 9.17) is 21.1 Å². The van der Waals surface area contributed by atoms with Crippen molar-refractivity contribution in [2.24, 2.45) is 0 Å². The van der Waals surface area contributed by atoms with E-state index in [9.17, 15) is 23.6 Å². The molecule has 30 heavy (non-hydrogen) atoms. The molecule has 0 spiro atoms. The number of halogens is 2. The van der Waals surface area contributed by atoms with Gasteiger partial charge in [-0.2, -0.15) is 0 Å². The van der Waals surface area contributed by atoms with Crippen LogP contribution in [0.5, 0.6) is 0 Å². The number of carbonyl (C=O) groups is 4. The first-order valence-corrected chi connectivity index (χ1v) is 10.6. The summed E-state index contributed by atoms with van der Waals surface area (Å²) in [7, 11) is 1.46. The maximum absolute atomic E-state index is 14.6. The Morgan fingerprint density at radius 3 is 2.37 bits per heavy atom. The summed E-state index contributed by atoms with van der Waals surface area (Å²) in [5.74, 6) is -2.91. The molecule has 7 nitrogen and oxygen atoms in total. The quantitative estimate of drug-likeness (QED) is 0.354. The number of esters is 1. The fourth-order valence-electron chi connectivity index (χ4n) is 3.31. The first kappa shape index (κ1) is 22.5. The minimum Gasteiger partial charge on any atom is -0.463 e. The van der Waals surface area contributed by atoms with Crippen LogP contribution in [0.25, 0.3) is 0 Å². The van der Waals surface area contributed by atoms with E-state index in [0.717, 1.165) is 29.9 Å². The van der Waals surface area contributed by atoms with Gasteiger partial charge in [-0.3, -0.25) is 19.2 Å². The van der Waals surface area contributed by atoms with E-state index in [0.29, 0.717) is 35.7 Å². The highest BCUT2D eigenvalue weighted by atomic mass is 35.5. The van der Waals surface area contributed by atoms with Crippen LogP contribution in [0.1, 0.15) is 36.0 Å². The second-order valence-electron chi connectivity index (χ2n) is 6.68. The van der Waals surface area contributed by atoms with Crippen LogP contribution in [-0.4, -0.2) is 49.0 Å². The van der Waals surface area contributed by atoms with E-state index < -0.39 is 28.7 Å². The van der Waals surface area contributed by atoms with Crippen molar-refractivity contribution in [3.05, 3.63) is 39.7 Å². The van der Waals surface area contributed by atoms with Crippen molar-refractivity contribution in [1.29, 1.82) is 0 Å². The summed E-state index contributed by atoms with van der Waals surface area (Å²) in [6, 6.07) is 1.97. The Kier molecular flexibility index (Phi) is 7.27. The van der Waals surface area contributed by atoms with E-state index in [2.05, 4.69) is 0 Å². The number of thioether (sulfide) groups is 1. The minimum absolute atomic E-state index is 0.0579. The van der Waals surface area contributed by atoms with E-state index >= 15 is 0 Å². The third kappa shape index (κ3) is 4.58. The van der Waals surface area contributed by atoms with Crippen LogP contribution in [0.15, 0.2) is 23.3 Å². The third-order valence-corrected chi connectivity index (χ3v) is 5.93. The second kappa shape index (κ2) is 9.72. The van der Waals surface area contributed by atoms with Crippen molar-refractivity contribution < 1.29 is 33.0 Å². The summed E-state index contributed by atoms with van der Waals surface area (Å²) in [5.41, 5.74) is 0.381. The number of ether oxygens (including phenoxy) is 2. The lowest BCUT2D eigenvalue weighted by atomic mass is 9.93. The van der Waals surface area contributed by atoms with E-state index in [1.165, 1.54) is 7.11 Å².